The van der Waals surface area contributed by atoms with Gasteiger partial charge in [0.25, 0.3) is 0 Å². The molecule has 4 N–H and O–H groups in total. The van der Waals surface area contributed by atoms with Crippen molar-refractivity contribution >= 4 is 6.03 Å². The number of primary amides is 1. The van der Waals surface area contributed by atoms with Gasteiger partial charge in [0.1, 0.15) is 0 Å². The first kappa shape index (κ1) is 9.96. The zero-order valence-corrected chi connectivity index (χ0v) is 7.11. The van der Waals surface area contributed by atoms with Crippen LogP contribution in [-0.2, 0) is 6.54 Å². The largest absolute Gasteiger partial charge is 0.352 e. The van der Waals surface area contributed by atoms with E-state index in [1.54, 1.807) is 0 Å². The summed E-state index contributed by atoms with van der Waals surface area (Å²) in [4.78, 5) is 32.1. The second kappa shape index (κ2) is 4.21. The Balaban J connectivity index is 2.69. The quantitative estimate of drug-likeness (QED) is 0.461. The van der Waals surface area contributed by atoms with E-state index in [-0.39, 0.29) is 13.1 Å². The number of aromatic nitrogens is 3. The Bertz CT molecular complexity index is 434. The molecule has 0 aliphatic heterocycles. The van der Waals surface area contributed by atoms with Crippen LogP contribution in [0.2, 0.25) is 0 Å². The summed E-state index contributed by atoms with van der Waals surface area (Å²) >= 11 is 0. The molecule has 0 fully saturated rings. The number of hydrogen-bond acceptors (Lipinski definition) is 4. The van der Waals surface area contributed by atoms with Crippen LogP contribution >= 0.6 is 0 Å². The minimum atomic E-state index is -0.831. The highest BCUT2D eigenvalue weighted by molar-refractivity contribution is 5.71. The molecule has 0 spiro atoms. The van der Waals surface area contributed by atoms with Crippen molar-refractivity contribution in [2.75, 3.05) is 6.54 Å². The first-order chi connectivity index (χ1) is 6.61. The molecule has 1 radical (unpaired) electrons. The summed E-state index contributed by atoms with van der Waals surface area (Å²) in [6, 6.07) is -0.698. The molecule has 0 bridgehead atoms. The number of nitrogens with two attached hydrogens (primary N) is 1. The summed E-state index contributed by atoms with van der Waals surface area (Å²) < 4.78 is 0.953. The molecule has 0 unspecified atom stereocenters. The van der Waals surface area contributed by atoms with Gasteiger partial charge in [-0.2, -0.15) is 5.10 Å². The highest BCUT2D eigenvalue weighted by atomic mass is 16.2. The van der Waals surface area contributed by atoms with Crippen molar-refractivity contribution in [1.82, 2.24) is 20.1 Å². The van der Waals surface area contributed by atoms with Crippen LogP contribution in [0.4, 0.5) is 4.79 Å². The van der Waals surface area contributed by atoms with E-state index < -0.39 is 17.1 Å². The third-order valence-electron chi connectivity index (χ3n) is 1.40. The van der Waals surface area contributed by atoms with Crippen molar-refractivity contribution in [3.8, 4) is 0 Å². The number of nitrogens with one attached hydrogen (secondary N) is 2. The van der Waals surface area contributed by atoms with Crippen LogP contribution < -0.4 is 22.2 Å². The molecule has 0 atom stereocenters. The summed E-state index contributed by atoms with van der Waals surface area (Å²) in [5.74, 6) is 0. The normalized spacial score (nSPS) is 9.71. The number of amides is 2. The van der Waals surface area contributed by atoms with E-state index in [1.807, 2.05) is 5.10 Å². The zero-order chi connectivity index (χ0) is 10.6. The Morgan fingerprint density at radius 1 is 1.64 bits per heavy atom. The minimum Gasteiger partial charge on any atom is -0.352 e. The van der Waals surface area contributed by atoms with Gasteiger partial charge in [-0.15, -0.1) is 0 Å². The van der Waals surface area contributed by atoms with Crippen LogP contribution in [-0.4, -0.2) is 27.3 Å². The zero-order valence-electron chi connectivity index (χ0n) is 7.11. The maximum absolute atomic E-state index is 11.0. The summed E-state index contributed by atoms with van der Waals surface area (Å²) in [6.07, 6.45) is 2.26. The number of carbonyl (C=O) groups excluding carboxylic acids is 1. The fourth-order valence-corrected chi connectivity index (χ4v) is 0.794. The number of urea groups is 1. The molecule has 0 saturated carbocycles. The predicted molar refractivity (Wildman–Crippen MR) is 45.5 cm³/mol. The van der Waals surface area contributed by atoms with Crippen molar-refractivity contribution < 1.29 is 4.79 Å². The predicted octanol–water partition coefficient (Wildman–Crippen LogP) is -2.60. The van der Waals surface area contributed by atoms with E-state index in [0.29, 0.717) is 0 Å². The second-order valence-corrected chi connectivity index (χ2v) is 2.40. The topological polar surface area (TPSA) is 123 Å². The van der Waals surface area contributed by atoms with Gasteiger partial charge in [-0.25, -0.2) is 9.89 Å². The third-order valence-corrected chi connectivity index (χ3v) is 1.40. The molecule has 0 saturated heterocycles. The van der Waals surface area contributed by atoms with Crippen LogP contribution in [0, 0.1) is 6.33 Å². The lowest BCUT2D eigenvalue weighted by Gasteiger charge is -2.02. The van der Waals surface area contributed by atoms with Gasteiger partial charge < -0.3 is 11.1 Å². The SMILES string of the molecule is NC(=O)NCCn1[c]n[nH]c(=O)c1=O. The molecule has 0 aliphatic rings. The molecule has 0 aliphatic carbocycles. The van der Waals surface area contributed by atoms with E-state index in [0.717, 1.165) is 4.57 Å². The lowest BCUT2D eigenvalue weighted by atomic mass is 10.6. The van der Waals surface area contributed by atoms with Crippen LogP contribution in [0.25, 0.3) is 0 Å². The maximum atomic E-state index is 11.0. The summed E-state index contributed by atoms with van der Waals surface area (Å²) in [5.41, 5.74) is 3.19. The fourth-order valence-electron chi connectivity index (χ4n) is 0.794. The van der Waals surface area contributed by atoms with E-state index >= 15 is 0 Å². The van der Waals surface area contributed by atoms with Crippen molar-refractivity contribution in [2.24, 2.45) is 5.73 Å². The number of aromatic amines is 1. The number of carbonyl (C=O) groups is 1. The Morgan fingerprint density at radius 3 is 3.00 bits per heavy atom. The molecule has 0 aromatic carbocycles. The van der Waals surface area contributed by atoms with Crippen LogP contribution in [0.1, 0.15) is 0 Å². The number of hydrogen-bond donors (Lipinski definition) is 3. The highest BCUT2D eigenvalue weighted by Crippen LogP contribution is 1.70. The molecule has 8 heteroatoms. The third kappa shape index (κ3) is 2.44. The van der Waals surface area contributed by atoms with Crippen molar-refractivity contribution in [1.29, 1.82) is 0 Å². The van der Waals surface area contributed by atoms with Gasteiger partial charge in [0.2, 0.25) is 6.33 Å². The molecule has 14 heavy (non-hydrogen) atoms. The Morgan fingerprint density at radius 2 is 2.36 bits per heavy atom. The van der Waals surface area contributed by atoms with Crippen LogP contribution in [0.15, 0.2) is 9.59 Å². The Hall–Kier alpha value is -2.12. The second-order valence-electron chi connectivity index (χ2n) is 2.40. The monoisotopic (exact) mass is 198 g/mol. The van der Waals surface area contributed by atoms with Crippen molar-refractivity contribution in [3.05, 3.63) is 27.0 Å². The average molecular weight is 198 g/mol. The van der Waals surface area contributed by atoms with E-state index in [4.69, 9.17) is 5.73 Å². The van der Waals surface area contributed by atoms with E-state index in [1.165, 1.54) is 0 Å². The fraction of sp³-hybridized carbons (Fsp3) is 0.333. The summed E-state index contributed by atoms with van der Waals surface area (Å²) in [6.45, 7) is 0.232. The lowest BCUT2D eigenvalue weighted by Crippen LogP contribution is -2.40. The molecular formula is C6H8N5O3. The molecule has 1 heterocycles. The van der Waals surface area contributed by atoms with Crippen LogP contribution in [0.3, 0.4) is 0 Å². The molecule has 1 aromatic heterocycles. The smallest absolute Gasteiger partial charge is 0.330 e. The van der Waals surface area contributed by atoms with Gasteiger partial charge in [-0.3, -0.25) is 14.2 Å². The lowest BCUT2D eigenvalue weighted by molar-refractivity contribution is 0.248. The Kier molecular flexibility index (Phi) is 3.00. The van der Waals surface area contributed by atoms with Gasteiger partial charge in [-0.05, 0) is 0 Å². The van der Waals surface area contributed by atoms with Crippen molar-refractivity contribution in [3.63, 3.8) is 0 Å². The molecule has 8 nitrogen and oxygen atoms in total. The highest BCUT2D eigenvalue weighted by Gasteiger charge is 2.00. The Labute approximate surface area is 77.7 Å². The van der Waals surface area contributed by atoms with E-state index in [2.05, 4.69) is 16.7 Å². The summed E-state index contributed by atoms with van der Waals surface area (Å²) in [5, 5.41) is 7.49. The number of H-pyrrole nitrogens is 1. The minimum absolute atomic E-state index is 0.0959. The van der Waals surface area contributed by atoms with Gasteiger partial charge in [-0.1, -0.05) is 0 Å². The summed E-state index contributed by atoms with van der Waals surface area (Å²) in [7, 11) is 0. The maximum Gasteiger partial charge on any atom is 0.330 e. The number of nitrogens with zero attached hydrogens (tertiary/aromatic N) is 2. The van der Waals surface area contributed by atoms with Crippen LogP contribution in [0.5, 0.6) is 0 Å². The van der Waals surface area contributed by atoms with Crippen molar-refractivity contribution in [2.45, 2.75) is 6.54 Å². The standard InChI is InChI=1S/C6H8N5O3/c7-6(14)8-1-2-11-3-9-10-4(12)5(11)13/h1-2H2,(H,10,12)(H3,7,8,14). The average Bonchev–Trinajstić information content (AvgIpc) is 2.12. The van der Waals surface area contributed by atoms with E-state index in [9.17, 15) is 14.4 Å². The van der Waals surface area contributed by atoms with Gasteiger partial charge in [0, 0.05) is 13.1 Å². The molecule has 1 rings (SSSR count). The van der Waals surface area contributed by atoms with Gasteiger partial charge >= 0.3 is 17.1 Å². The van der Waals surface area contributed by atoms with Gasteiger partial charge in [0.15, 0.2) is 0 Å². The van der Waals surface area contributed by atoms with Gasteiger partial charge in [0.05, 0.1) is 0 Å². The number of rotatable bonds is 3. The first-order valence-corrected chi connectivity index (χ1v) is 3.72. The molecule has 75 valence electrons. The molecular weight excluding hydrogens is 190 g/mol. The first-order valence-electron chi connectivity index (χ1n) is 3.72. The molecule has 1 aromatic rings. The molecule has 2 amide bonds.